The second kappa shape index (κ2) is 6.62. The Hall–Kier alpha value is -1.02. The van der Waals surface area contributed by atoms with Crippen LogP contribution in [0.25, 0.3) is 0 Å². The highest BCUT2D eigenvalue weighted by molar-refractivity contribution is 7.89. The van der Waals surface area contributed by atoms with Crippen molar-refractivity contribution in [3.05, 3.63) is 30.1 Å². The Balaban J connectivity index is 1.74. The van der Waals surface area contributed by atoms with Crippen LogP contribution in [-0.4, -0.2) is 66.7 Å². The van der Waals surface area contributed by atoms with E-state index in [0.717, 1.165) is 25.1 Å². The van der Waals surface area contributed by atoms with E-state index in [1.165, 1.54) is 0 Å². The molecule has 7 heteroatoms. The lowest BCUT2D eigenvalue weighted by Gasteiger charge is -2.46. The van der Waals surface area contributed by atoms with Crippen LogP contribution in [0.1, 0.15) is 18.9 Å². The van der Waals surface area contributed by atoms with Crippen molar-refractivity contribution < 1.29 is 13.2 Å². The molecule has 1 aromatic rings. The quantitative estimate of drug-likeness (QED) is 0.816. The maximum Gasteiger partial charge on any atom is 0.213 e. The average Bonchev–Trinajstić information content (AvgIpc) is 2.56. The third kappa shape index (κ3) is 3.32. The lowest BCUT2D eigenvalue weighted by molar-refractivity contribution is -0.0959. The Morgan fingerprint density at radius 3 is 3.00 bits per heavy atom. The molecule has 0 aliphatic carbocycles. The molecular weight excluding hydrogens is 302 g/mol. The van der Waals surface area contributed by atoms with Crippen molar-refractivity contribution in [2.75, 3.05) is 32.0 Å². The number of rotatable bonds is 4. The topological polar surface area (TPSA) is 62.7 Å². The first-order valence-corrected chi connectivity index (χ1v) is 9.43. The van der Waals surface area contributed by atoms with Crippen molar-refractivity contribution >= 4 is 10.0 Å². The van der Waals surface area contributed by atoms with Gasteiger partial charge in [0.1, 0.15) is 0 Å². The van der Waals surface area contributed by atoms with Gasteiger partial charge in [0.05, 0.1) is 24.5 Å². The molecule has 3 rings (SSSR count). The van der Waals surface area contributed by atoms with Gasteiger partial charge in [-0.3, -0.25) is 9.88 Å². The van der Waals surface area contributed by atoms with Crippen LogP contribution in [0.5, 0.6) is 0 Å². The van der Waals surface area contributed by atoms with Crippen LogP contribution in [0, 0.1) is 0 Å². The molecule has 0 amide bonds. The summed E-state index contributed by atoms with van der Waals surface area (Å²) in [5.74, 6) is 0.161. The normalized spacial score (nSPS) is 27.5. The highest BCUT2D eigenvalue weighted by atomic mass is 32.2. The number of hydrogen-bond acceptors (Lipinski definition) is 5. The van der Waals surface area contributed by atoms with Crippen LogP contribution in [-0.2, 0) is 21.3 Å². The summed E-state index contributed by atoms with van der Waals surface area (Å²) in [4.78, 5) is 6.49. The fourth-order valence-electron chi connectivity index (χ4n) is 3.27. The van der Waals surface area contributed by atoms with Crippen molar-refractivity contribution in [1.82, 2.24) is 14.2 Å². The van der Waals surface area contributed by atoms with Gasteiger partial charge in [0, 0.05) is 38.6 Å². The lowest BCUT2D eigenvalue weighted by Crippen LogP contribution is -2.60. The first kappa shape index (κ1) is 15.9. The van der Waals surface area contributed by atoms with E-state index >= 15 is 0 Å². The van der Waals surface area contributed by atoms with Gasteiger partial charge in [0.2, 0.25) is 10.0 Å². The van der Waals surface area contributed by atoms with E-state index in [4.69, 9.17) is 4.74 Å². The van der Waals surface area contributed by atoms with Crippen molar-refractivity contribution in [2.24, 2.45) is 0 Å². The monoisotopic (exact) mass is 325 g/mol. The maximum atomic E-state index is 12.2. The summed E-state index contributed by atoms with van der Waals surface area (Å²) < 4.78 is 31.8. The highest BCUT2D eigenvalue weighted by Crippen LogP contribution is 2.26. The summed E-state index contributed by atoms with van der Waals surface area (Å²) in [6.07, 6.45) is 4.54. The van der Waals surface area contributed by atoms with Crippen molar-refractivity contribution in [3.63, 3.8) is 0 Å². The molecule has 0 bridgehead atoms. The molecule has 0 unspecified atom stereocenters. The van der Waals surface area contributed by atoms with Gasteiger partial charge in [-0.05, 0) is 25.0 Å². The Bertz CT molecular complexity index is 593. The van der Waals surface area contributed by atoms with E-state index in [0.29, 0.717) is 19.7 Å². The van der Waals surface area contributed by atoms with Gasteiger partial charge in [0.25, 0.3) is 0 Å². The number of aromatic nitrogens is 1. The summed E-state index contributed by atoms with van der Waals surface area (Å²) in [5.41, 5.74) is 1.15. The number of ether oxygens (including phenoxy) is 1. The molecule has 3 heterocycles. The van der Waals surface area contributed by atoms with E-state index in [1.54, 1.807) is 17.4 Å². The molecule has 2 fully saturated rings. The van der Waals surface area contributed by atoms with Crippen LogP contribution in [0.2, 0.25) is 0 Å². The number of morpholine rings is 1. The molecule has 6 nitrogen and oxygen atoms in total. The van der Waals surface area contributed by atoms with Gasteiger partial charge >= 0.3 is 0 Å². The lowest BCUT2D eigenvalue weighted by atomic mass is 10.00. The first-order chi connectivity index (χ1) is 10.6. The minimum atomic E-state index is -3.13. The summed E-state index contributed by atoms with van der Waals surface area (Å²) in [7, 11) is -3.13. The number of nitrogens with zero attached hydrogens (tertiary/aromatic N) is 3. The molecule has 1 aromatic heterocycles. The number of fused-ring (bicyclic) bond motifs is 1. The average molecular weight is 325 g/mol. The molecule has 2 aliphatic heterocycles. The Labute approximate surface area is 132 Å². The van der Waals surface area contributed by atoms with E-state index in [1.807, 2.05) is 12.3 Å². The molecule has 0 saturated carbocycles. The number of piperidine rings is 1. The molecule has 2 aliphatic rings. The van der Waals surface area contributed by atoms with Gasteiger partial charge in [-0.25, -0.2) is 12.7 Å². The van der Waals surface area contributed by atoms with Gasteiger partial charge in [-0.15, -0.1) is 0 Å². The molecule has 0 N–H and O–H groups in total. The van der Waals surface area contributed by atoms with E-state index < -0.39 is 10.0 Å². The zero-order valence-electron chi connectivity index (χ0n) is 12.9. The van der Waals surface area contributed by atoms with Gasteiger partial charge in [-0.2, -0.15) is 0 Å². The van der Waals surface area contributed by atoms with Crippen LogP contribution in [0.4, 0.5) is 0 Å². The number of pyridine rings is 1. The molecule has 2 saturated heterocycles. The Kier molecular flexibility index (Phi) is 4.77. The summed E-state index contributed by atoms with van der Waals surface area (Å²) >= 11 is 0. The van der Waals surface area contributed by atoms with Crippen LogP contribution >= 0.6 is 0 Å². The summed E-state index contributed by atoms with van der Waals surface area (Å²) in [6.45, 7) is 5.13. The Morgan fingerprint density at radius 1 is 1.41 bits per heavy atom. The summed E-state index contributed by atoms with van der Waals surface area (Å²) in [6, 6.07) is 4.12. The van der Waals surface area contributed by atoms with Gasteiger partial charge < -0.3 is 4.74 Å². The van der Waals surface area contributed by atoms with Gasteiger partial charge in [0.15, 0.2) is 0 Å². The van der Waals surface area contributed by atoms with Crippen molar-refractivity contribution in [3.8, 4) is 0 Å². The second-order valence-electron chi connectivity index (χ2n) is 5.86. The van der Waals surface area contributed by atoms with Crippen LogP contribution in [0.15, 0.2) is 24.5 Å². The van der Waals surface area contributed by atoms with E-state index in [-0.39, 0.29) is 17.9 Å². The SMILES string of the molecule is CCS(=O)(=O)N1CC[C@H]2OCCN(Cc3cccnc3)[C@@H]2C1. The zero-order valence-corrected chi connectivity index (χ0v) is 13.7. The third-order valence-electron chi connectivity index (χ3n) is 4.53. The molecule has 0 spiro atoms. The minimum absolute atomic E-state index is 0.129. The third-order valence-corrected chi connectivity index (χ3v) is 6.38. The van der Waals surface area contributed by atoms with E-state index in [9.17, 15) is 8.42 Å². The number of sulfonamides is 1. The predicted molar refractivity (Wildman–Crippen MR) is 83.8 cm³/mol. The molecular formula is C15H23N3O3S. The Morgan fingerprint density at radius 2 is 2.27 bits per heavy atom. The molecule has 0 aromatic carbocycles. The first-order valence-electron chi connectivity index (χ1n) is 7.82. The molecule has 122 valence electrons. The molecule has 22 heavy (non-hydrogen) atoms. The standard InChI is InChI=1S/C15H23N3O3S/c1-2-22(19,20)18-7-5-15-14(12-18)17(8-9-21-15)11-13-4-3-6-16-10-13/h3-4,6,10,14-15H,2,5,7-9,11-12H2,1H3/t14-,15-/m1/s1. The largest absolute Gasteiger partial charge is 0.375 e. The van der Waals surface area contributed by atoms with Crippen molar-refractivity contribution in [2.45, 2.75) is 32.0 Å². The summed E-state index contributed by atoms with van der Waals surface area (Å²) in [5, 5.41) is 0. The fourth-order valence-corrected chi connectivity index (χ4v) is 4.40. The van der Waals surface area contributed by atoms with Crippen LogP contribution in [0.3, 0.4) is 0 Å². The van der Waals surface area contributed by atoms with E-state index in [2.05, 4.69) is 16.0 Å². The smallest absolute Gasteiger partial charge is 0.213 e. The van der Waals surface area contributed by atoms with Crippen LogP contribution < -0.4 is 0 Å². The highest BCUT2D eigenvalue weighted by Gasteiger charge is 2.39. The molecule has 2 atom stereocenters. The second-order valence-corrected chi connectivity index (χ2v) is 8.11. The number of hydrogen-bond donors (Lipinski definition) is 0. The fraction of sp³-hybridized carbons (Fsp3) is 0.667. The molecule has 0 radical (unpaired) electrons. The zero-order chi connectivity index (χ0) is 15.6. The maximum absolute atomic E-state index is 12.2. The van der Waals surface area contributed by atoms with Crippen molar-refractivity contribution in [1.29, 1.82) is 0 Å². The minimum Gasteiger partial charge on any atom is -0.375 e. The van der Waals surface area contributed by atoms with Gasteiger partial charge in [-0.1, -0.05) is 6.07 Å². The predicted octanol–water partition coefficient (Wildman–Crippen LogP) is 0.706.